The summed E-state index contributed by atoms with van der Waals surface area (Å²) in [5.74, 6) is 2.84. The van der Waals surface area contributed by atoms with E-state index in [1.807, 2.05) is 119 Å². The van der Waals surface area contributed by atoms with Crippen molar-refractivity contribution in [3.8, 4) is 56.8 Å². The number of carbonyl (C=O) groups excluding carboxylic acids is 4. The number of hydrogen-bond acceptors (Lipinski definition) is 18. The molecule has 22 nitrogen and oxygen atoms in total. The highest BCUT2D eigenvalue weighted by Gasteiger charge is 2.34. The van der Waals surface area contributed by atoms with Gasteiger partial charge in [0, 0.05) is 50.4 Å². The van der Waals surface area contributed by atoms with Crippen molar-refractivity contribution in [3.05, 3.63) is 319 Å². The van der Waals surface area contributed by atoms with Gasteiger partial charge in [0.05, 0.1) is 64.1 Å². The van der Waals surface area contributed by atoms with Crippen LogP contribution in [-0.2, 0) is 93.4 Å². The van der Waals surface area contributed by atoms with Gasteiger partial charge in [-0.15, -0.1) is 10.2 Å². The summed E-state index contributed by atoms with van der Waals surface area (Å²) in [5, 5.41) is 23.9. The van der Waals surface area contributed by atoms with Crippen LogP contribution in [0.3, 0.4) is 0 Å². The van der Waals surface area contributed by atoms with Gasteiger partial charge < -0.3 is 58.0 Å². The van der Waals surface area contributed by atoms with Gasteiger partial charge in [0.15, 0.2) is 0 Å². The SMILES string of the molecule is COC(=O)[C@H](Cc1ccc(OCc2cn(Cc3cc4c(OC(C)C)c(c3)Cc3cccc(c3OC(C)C)Cc3cc(Cn5cc(COc6ccc(C[C@H](NC(=O)OCC7c8ccccc8-c8ccccc87)C(=O)OC)cc6)nn5)cc(c3OC(C)C)Cc3cccc(c3OC(C)C)C4)nn2)cc1)NC(=O)OCC1c2ccccc2-c2ccccc21. The molecule has 2 heterocycles. The molecule has 0 radical (unpaired) electrons. The number of aromatic nitrogens is 6. The number of nitrogens with one attached hydrogen (secondary N) is 2. The predicted molar refractivity (Wildman–Crippen MR) is 455 cm³/mol. The number of hydrogen-bond donors (Lipinski definition) is 2. The summed E-state index contributed by atoms with van der Waals surface area (Å²) >= 11 is 0. The fraction of sp³-hybridized carbons (Fsp3) is 0.306. The van der Waals surface area contributed by atoms with Gasteiger partial charge in [-0.05, 0) is 215 Å². The number of fused-ring (bicyclic) bond motifs is 14. The van der Waals surface area contributed by atoms with E-state index in [0.717, 1.165) is 134 Å². The van der Waals surface area contributed by atoms with E-state index in [0.29, 0.717) is 61.7 Å². The number of para-hydroxylation sites is 2. The monoisotopic (exact) mass is 1610 g/mol. The Kier molecular flexibility index (Phi) is 25.3. The number of esters is 2. The standard InChI is InChI=1S/C98H100N8O14/c1-59(2)117-91-67-21-19-22-68(91)48-72-42-66(52-106-54-76(102-104-106)56-114-78-39-35-64(36-40-78)46-90(96(108)112-10)100-98(110)116-58-88-85-31-17-13-27-81(85)82-28-14-18-32-86(82)88)44-74(94(72)120-62(7)8)50-70-24-20-23-69(92(70)118-60(3)4)49-73-43-65(41-71(47-67)93(73)119-61(5)6)51-105-53-75(101-103-105)55-113-77-37-33-63(34-38-77)45-89(95(107)111-9)99-97(109)115-57-87-83-29-15-11-25-79(83)80-26-12-16-30-84(80)87/h11-44,53-54,59-62,87-90H,45-52,55-58H2,1-10H3,(H,99,109)(H,100,110)/t89-,90-/m0/s1. The molecule has 12 aromatic rings. The molecule has 0 fully saturated rings. The lowest BCUT2D eigenvalue weighted by molar-refractivity contribution is -0.143. The molecule has 0 spiro atoms. The Hall–Kier alpha value is -13.2. The third-order valence-electron chi connectivity index (χ3n) is 21.5. The maximum atomic E-state index is 13.4. The lowest BCUT2D eigenvalue weighted by Gasteiger charge is -2.25. The first-order valence-corrected chi connectivity index (χ1v) is 41.0. The minimum atomic E-state index is -1.00. The van der Waals surface area contributed by atoms with E-state index in [9.17, 15) is 19.2 Å². The summed E-state index contributed by atoms with van der Waals surface area (Å²) in [6.07, 6.45) is 3.86. The fourth-order valence-corrected chi connectivity index (χ4v) is 16.4. The van der Waals surface area contributed by atoms with Crippen LogP contribution in [0.2, 0.25) is 0 Å². The molecule has 616 valence electrons. The van der Waals surface area contributed by atoms with Crippen molar-refractivity contribution in [2.24, 2.45) is 0 Å². The van der Waals surface area contributed by atoms with Crippen LogP contribution < -0.4 is 39.1 Å². The predicted octanol–water partition coefficient (Wildman–Crippen LogP) is 17.2. The number of rotatable bonds is 30. The van der Waals surface area contributed by atoms with E-state index >= 15 is 0 Å². The molecule has 2 N–H and O–H groups in total. The van der Waals surface area contributed by atoms with E-state index in [1.165, 1.54) is 14.2 Å². The average Bonchev–Trinajstić information content (AvgIpc) is 1.61. The molecular formula is C98H100N8O14. The molecule has 2 aromatic heterocycles. The summed E-state index contributed by atoms with van der Waals surface area (Å²) in [7, 11) is 2.59. The van der Waals surface area contributed by atoms with Crippen LogP contribution in [0, 0.1) is 0 Å². The van der Waals surface area contributed by atoms with Gasteiger partial charge in [-0.3, -0.25) is 0 Å². The number of benzene rings is 10. The maximum Gasteiger partial charge on any atom is 0.407 e. The number of ether oxygens (including phenoxy) is 10. The van der Waals surface area contributed by atoms with Crippen LogP contribution in [0.15, 0.2) is 219 Å². The van der Waals surface area contributed by atoms with E-state index in [4.69, 9.17) is 47.4 Å². The molecule has 0 saturated heterocycles. The van der Waals surface area contributed by atoms with Gasteiger partial charge in [-0.2, -0.15) is 0 Å². The molecule has 22 heteroatoms. The van der Waals surface area contributed by atoms with Crippen LogP contribution >= 0.6 is 0 Å². The van der Waals surface area contributed by atoms with E-state index in [-0.39, 0.29) is 75.5 Å². The minimum absolute atomic E-state index is 0.105. The van der Waals surface area contributed by atoms with E-state index < -0.39 is 36.2 Å². The Morgan fingerprint density at radius 3 is 0.975 bits per heavy atom. The number of alkyl carbamates (subject to hydrolysis) is 2. The number of methoxy groups -OCH3 is 2. The summed E-state index contributed by atoms with van der Waals surface area (Å²) in [5.41, 5.74) is 21.4. The van der Waals surface area contributed by atoms with Crippen molar-refractivity contribution < 1.29 is 66.5 Å². The molecule has 3 aliphatic carbocycles. The first kappa shape index (κ1) is 81.9. The minimum Gasteiger partial charge on any atom is -0.490 e. The average molecular weight is 1610 g/mol. The first-order valence-electron chi connectivity index (χ1n) is 41.0. The Morgan fingerprint density at radius 2 is 0.675 bits per heavy atom. The zero-order valence-corrected chi connectivity index (χ0v) is 69.3. The van der Waals surface area contributed by atoms with Crippen LogP contribution in [0.1, 0.15) is 168 Å². The molecule has 0 aliphatic heterocycles. The Bertz CT molecular complexity index is 5150. The van der Waals surface area contributed by atoms with Crippen molar-refractivity contribution in [3.63, 3.8) is 0 Å². The molecule has 0 unspecified atom stereocenters. The van der Waals surface area contributed by atoms with E-state index in [1.54, 1.807) is 0 Å². The maximum absolute atomic E-state index is 13.4. The zero-order chi connectivity index (χ0) is 83.5. The molecule has 3 aliphatic rings. The van der Waals surface area contributed by atoms with E-state index in [2.05, 4.69) is 196 Å². The van der Waals surface area contributed by atoms with Crippen LogP contribution in [0.5, 0.6) is 34.5 Å². The van der Waals surface area contributed by atoms with Crippen molar-refractivity contribution in [2.75, 3.05) is 27.4 Å². The van der Waals surface area contributed by atoms with Crippen molar-refractivity contribution in [1.29, 1.82) is 0 Å². The van der Waals surface area contributed by atoms with Crippen LogP contribution in [0.4, 0.5) is 9.59 Å². The first-order chi connectivity index (χ1) is 58.2. The highest BCUT2D eigenvalue weighted by Crippen LogP contribution is 2.47. The number of nitrogens with zero attached hydrogens (tertiary/aromatic N) is 6. The highest BCUT2D eigenvalue weighted by molar-refractivity contribution is 5.84. The number of carbonyl (C=O) groups is 4. The molecule has 2 atom stereocenters. The van der Waals surface area contributed by atoms with Crippen molar-refractivity contribution in [2.45, 2.75) is 169 Å². The summed E-state index contributed by atoms with van der Waals surface area (Å²) in [6.45, 7) is 17.7. The molecule has 10 aromatic carbocycles. The second-order valence-electron chi connectivity index (χ2n) is 31.9. The third kappa shape index (κ3) is 19.5. The Morgan fingerprint density at radius 1 is 0.375 bits per heavy atom. The van der Waals surface area contributed by atoms with Gasteiger partial charge in [-0.1, -0.05) is 168 Å². The van der Waals surface area contributed by atoms with Gasteiger partial charge in [0.1, 0.15) is 84.4 Å². The summed E-state index contributed by atoms with van der Waals surface area (Å²) in [4.78, 5) is 52.9. The quantitative estimate of drug-likeness (QED) is 0.0314. The Balaban J connectivity index is 0.639. The molecule has 120 heavy (non-hydrogen) atoms. The fourth-order valence-electron chi connectivity index (χ4n) is 16.4. The molecule has 15 rings (SSSR count). The van der Waals surface area contributed by atoms with Crippen molar-refractivity contribution in [1.82, 2.24) is 40.6 Å². The normalized spacial score (nSPS) is 13.2. The summed E-state index contributed by atoms with van der Waals surface area (Å²) < 4.78 is 66.0. The van der Waals surface area contributed by atoms with Gasteiger partial charge in [-0.25, -0.2) is 28.5 Å². The molecular weight excluding hydrogens is 1510 g/mol. The van der Waals surface area contributed by atoms with Crippen LogP contribution in [0.25, 0.3) is 22.3 Å². The van der Waals surface area contributed by atoms with Gasteiger partial charge >= 0.3 is 24.1 Å². The van der Waals surface area contributed by atoms with Crippen molar-refractivity contribution >= 4 is 24.1 Å². The largest absolute Gasteiger partial charge is 0.490 e. The lowest BCUT2D eigenvalue weighted by atomic mass is 9.89. The van der Waals surface area contributed by atoms with Crippen LogP contribution in [-0.4, -0.2) is 118 Å². The smallest absolute Gasteiger partial charge is 0.407 e. The molecule has 8 bridgehead atoms. The molecule has 0 saturated carbocycles. The highest BCUT2D eigenvalue weighted by atomic mass is 16.6. The third-order valence-corrected chi connectivity index (χ3v) is 21.5. The van der Waals surface area contributed by atoms with Gasteiger partial charge in [0.25, 0.3) is 0 Å². The lowest BCUT2D eigenvalue weighted by Crippen LogP contribution is -2.43. The summed E-state index contributed by atoms with van der Waals surface area (Å²) in [6, 6.07) is 66.8. The second-order valence-corrected chi connectivity index (χ2v) is 31.9. The Labute approximate surface area is 699 Å². The second kappa shape index (κ2) is 37.1. The number of amides is 2. The topological polar surface area (TPSA) is 246 Å². The molecule has 2 amide bonds. The van der Waals surface area contributed by atoms with Gasteiger partial charge in [0.2, 0.25) is 0 Å². The zero-order valence-electron chi connectivity index (χ0n) is 69.3.